The maximum atomic E-state index is 15.0. The molecule has 0 unspecified atom stereocenters. The Balaban J connectivity index is 1.38. The standard InChI is InChI=1S/C42H54F3N3O9S/c1-7-25-16-24(2)10-8-9-11-26-20-42(26,39(52)47-58(53,54)41(5)14-15-41)21-33(49)32-18-28(56-36-31-17-27(43)12-13-29(31)34(55-6)22-46-36)23-48(32)37(51)30(25)19-35(50)57-40(3,4)38(44)45/h9,11-13,17,22,24-26,28,30,32,38H,7-8,10,14-16,18-21,23H2,1-6H3,(H,47,52)/b11-9-/t24-,25-,26-,28-,30+,32+,42-/m1/s1/i5D3. The number of fused-ring (bicyclic) bond motifs is 3. The Morgan fingerprint density at radius 2 is 1.91 bits per heavy atom. The number of sulfonamides is 1. The number of carbonyl (C=O) groups is 4. The lowest BCUT2D eigenvalue weighted by molar-refractivity contribution is -0.174. The lowest BCUT2D eigenvalue weighted by Gasteiger charge is -2.34. The summed E-state index contributed by atoms with van der Waals surface area (Å²) in [6, 6.07) is 2.65. The summed E-state index contributed by atoms with van der Waals surface area (Å²) < 4.78 is 110. The number of hydrogen-bond donors (Lipinski definition) is 1. The Labute approximate surface area is 341 Å². The molecule has 1 aromatic heterocycles. The van der Waals surface area contributed by atoms with E-state index >= 15 is 4.79 Å². The fourth-order valence-electron chi connectivity index (χ4n) is 8.39. The second-order valence-electron chi connectivity index (χ2n) is 17.0. The van der Waals surface area contributed by atoms with E-state index in [4.69, 9.17) is 18.3 Å². The second kappa shape index (κ2) is 16.4. The quantitative estimate of drug-likeness (QED) is 0.191. The molecule has 0 radical (unpaired) electrons. The van der Waals surface area contributed by atoms with E-state index in [2.05, 4.69) is 4.98 Å². The van der Waals surface area contributed by atoms with Gasteiger partial charge in [0.15, 0.2) is 11.4 Å². The van der Waals surface area contributed by atoms with Gasteiger partial charge in [-0.1, -0.05) is 32.4 Å². The van der Waals surface area contributed by atoms with Gasteiger partial charge in [-0.3, -0.25) is 23.9 Å². The van der Waals surface area contributed by atoms with Crippen LogP contribution in [-0.4, -0.2) is 84.4 Å². The first-order valence-corrected chi connectivity index (χ1v) is 21.3. The van der Waals surface area contributed by atoms with E-state index < -0.39 is 111 Å². The van der Waals surface area contributed by atoms with E-state index in [1.807, 2.05) is 24.6 Å². The number of ketones is 1. The van der Waals surface area contributed by atoms with Crippen LogP contribution >= 0.6 is 0 Å². The second-order valence-corrected chi connectivity index (χ2v) is 19.0. The van der Waals surface area contributed by atoms with Crippen molar-refractivity contribution in [2.24, 2.45) is 29.1 Å². The van der Waals surface area contributed by atoms with E-state index in [1.54, 1.807) is 6.08 Å². The molecular formula is C42H54F3N3O9S. The SMILES string of the molecule is [2H]C([2H])([2H])C1(S(=O)(=O)NC(=O)[C@]23CC(=O)[C@@H]4C[C@@H](Oc5ncc(OC)c6ccc(F)cc56)CN4C(=O)[C@@H](CC(=O)OC(C)(C)C(F)F)[C@H](CC)C[C@H](C)CC/C=C\[C@@H]2C3)CC1. The van der Waals surface area contributed by atoms with Crippen LogP contribution in [0.15, 0.2) is 36.5 Å². The van der Waals surface area contributed by atoms with Gasteiger partial charge in [0.2, 0.25) is 27.7 Å². The Kier molecular flexibility index (Phi) is 11.1. The highest BCUT2D eigenvalue weighted by Gasteiger charge is 2.63. The number of halogens is 3. The number of pyridine rings is 1. The van der Waals surface area contributed by atoms with Crippen molar-refractivity contribution in [3.05, 3.63) is 42.4 Å². The Hall–Kier alpha value is -4.21. The molecule has 3 heterocycles. The zero-order valence-corrected chi connectivity index (χ0v) is 34.2. The smallest absolute Gasteiger partial charge is 0.307 e. The molecule has 7 atom stereocenters. The van der Waals surface area contributed by atoms with E-state index in [-0.39, 0.29) is 49.4 Å². The predicted octanol–water partition coefficient (Wildman–Crippen LogP) is 6.69. The molecule has 2 aliphatic carbocycles. The van der Waals surface area contributed by atoms with Crippen molar-refractivity contribution in [2.45, 2.75) is 128 Å². The van der Waals surface area contributed by atoms with E-state index in [9.17, 15) is 36.0 Å². The summed E-state index contributed by atoms with van der Waals surface area (Å²) in [4.78, 5) is 62.9. The zero-order chi connectivity index (χ0) is 44.9. The first-order chi connectivity index (χ1) is 28.5. The number of methoxy groups -OCH3 is 1. The normalized spacial score (nSPS) is 30.4. The molecule has 2 amide bonds. The largest absolute Gasteiger partial charge is 0.494 e. The number of hydrogen-bond acceptors (Lipinski definition) is 10. The number of benzene rings is 1. The average Bonchev–Trinajstić information content (AvgIpc) is 4.09. The van der Waals surface area contributed by atoms with Crippen LogP contribution in [0, 0.1) is 34.9 Å². The number of allylic oxidation sites excluding steroid dienone is 2. The highest BCUT2D eigenvalue weighted by atomic mass is 32.2. The van der Waals surface area contributed by atoms with Gasteiger partial charge in [-0.05, 0) is 95.2 Å². The van der Waals surface area contributed by atoms with Gasteiger partial charge >= 0.3 is 5.97 Å². The summed E-state index contributed by atoms with van der Waals surface area (Å²) in [5.74, 6) is -5.72. The van der Waals surface area contributed by atoms with Gasteiger partial charge in [0.1, 0.15) is 17.7 Å². The summed E-state index contributed by atoms with van der Waals surface area (Å²) in [5, 5.41) is 0.722. The molecule has 0 bridgehead atoms. The summed E-state index contributed by atoms with van der Waals surface area (Å²) in [7, 11) is -3.29. The van der Waals surface area contributed by atoms with Gasteiger partial charge in [0.05, 0.1) is 53.8 Å². The number of nitrogens with zero attached hydrogens (tertiary/aromatic N) is 2. The summed E-state index contributed by atoms with van der Waals surface area (Å²) >= 11 is 0. The number of amides is 2. The number of aromatic nitrogens is 1. The third-order valence-electron chi connectivity index (χ3n) is 12.3. The van der Waals surface area contributed by atoms with E-state index in [0.29, 0.717) is 36.8 Å². The fourth-order valence-corrected chi connectivity index (χ4v) is 9.67. The maximum Gasteiger partial charge on any atom is 0.307 e. The predicted molar refractivity (Wildman–Crippen MR) is 208 cm³/mol. The van der Waals surface area contributed by atoms with Crippen LogP contribution in [0.25, 0.3) is 10.8 Å². The van der Waals surface area contributed by atoms with Crippen molar-refractivity contribution in [3.8, 4) is 11.6 Å². The van der Waals surface area contributed by atoms with Crippen molar-refractivity contribution in [1.82, 2.24) is 14.6 Å². The fraction of sp³-hybridized carbons (Fsp3) is 0.643. The van der Waals surface area contributed by atoms with Crippen molar-refractivity contribution in [2.75, 3.05) is 13.7 Å². The monoisotopic (exact) mass is 836 g/mol. The van der Waals surface area contributed by atoms with Crippen LogP contribution < -0.4 is 14.2 Å². The van der Waals surface area contributed by atoms with Crippen LogP contribution in [0.1, 0.15) is 103 Å². The molecule has 1 aromatic carbocycles. The van der Waals surface area contributed by atoms with Gasteiger partial charge in [-0.15, -0.1) is 0 Å². The number of rotatable bonds is 11. The highest BCUT2D eigenvalue weighted by Crippen LogP contribution is 2.58. The third-order valence-corrected chi connectivity index (χ3v) is 14.2. The molecule has 2 saturated carbocycles. The minimum atomic E-state index is -4.71. The van der Waals surface area contributed by atoms with Gasteiger partial charge in [0.25, 0.3) is 6.43 Å². The molecule has 1 N–H and O–H groups in total. The molecule has 12 nitrogen and oxygen atoms in total. The Bertz CT molecular complexity index is 2190. The van der Waals surface area contributed by atoms with Crippen LogP contribution in [0.5, 0.6) is 11.6 Å². The molecule has 3 fully saturated rings. The number of carbonyl (C=O) groups excluding carboxylic acids is 4. The molecule has 58 heavy (non-hydrogen) atoms. The number of ether oxygens (including phenoxy) is 3. The summed E-state index contributed by atoms with van der Waals surface area (Å²) in [5.41, 5.74) is -3.74. The number of alkyl halides is 2. The maximum absolute atomic E-state index is 15.0. The van der Waals surface area contributed by atoms with Crippen LogP contribution in [0.4, 0.5) is 13.2 Å². The molecule has 2 aliphatic heterocycles. The Morgan fingerprint density at radius 3 is 2.57 bits per heavy atom. The van der Waals surface area contributed by atoms with Gasteiger partial charge in [-0.2, -0.15) is 0 Å². The van der Waals surface area contributed by atoms with Gasteiger partial charge < -0.3 is 19.1 Å². The van der Waals surface area contributed by atoms with Crippen molar-refractivity contribution >= 4 is 44.4 Å². The van der Waals surface area contributed by atoms with E-state index in [1.165, 1.54) is 36.4 Å². The van der Waals surface area contributed by atoms with Gasteiger partial charge in [0, 0.05) is 22.3 Å². The van der Waals surface area contributed by atoms with Crippen LogP contribution in [0.2, 0.25) is 0 Å². The lowest BCUT2D eigenvalue weighted by atomic mass is 9.79. The number of esters is 1. The van der Waals surface area contributed by atoms with Crippen LogP contribution in [-0.2, 0) is 33.9 Å². The minimum absolute atomic E-state index is 0.00233. The molecule has 2 aromatic rings. The first-order valence-electron chi connectivity index (χ1n) is 21.3. The number of nitrogens with one attached hydrogen (secondary N) is 1. The summed E-state index contributed by atoms with van der Waals surface area (Å²) in [6.45, 7) is 2.83. The molecular weight excluding hydrogens is 780 g/mol. The highest BCUT2D eigenvalue weighted by molar-refractivity contribution is 7.91. The minimum Gasteiger partial charge on any atom is -0.494 e. The Morgan fingerprint density at radius 1 is 1.17 bits per heavy atom. The van der Waals surface area contributed by atoms with E-state index in [0.717, 1.165) is 13.8 Å². The first kappa shape index (κ1) is 39.3. The topological polar surface area (TPSA) is 158 Å². The van der Waals surface area contributed by atoms with Crippen molar-refractivity contribution in [3.63, 3.8) is 0 Å². The third kappa shape index (κ3) is 8.86. The van der Waals surface area contributed by atoms with Crippen LogP contribution in [0.3, 0.4) is 0 Å². The molecule has 4 aliphatic rings. The van der Waals surface area contributed by atoms with Crippen molar-refractivity contribution < 1.29 is 59.1 Å². The molecule has 16 heteroatoms. The summed E-state index contributed by atoms with van der Waals surface area (Å²) in [6.07, 6.45) is 1.60. The lowest BCUT2D eigenvalue weighted by Crippen LogP contribution is -2.48. The molecule has 0 spiro atoms. The average molecular weight is 837 g/mol. The zero-order valence-electron chi connectivity index (χ0n) is 36.4. The molecule has 6 rings (SSSR count). The van der Waals surface area contributed by atoms with Gasteiger partial charge in [-0.25, -0.2) is 26.6 Å². The number of Topliss-reactive ketones (excluding diaryl/α,β-unsaturated/α-hetero) is 1. The molecule has 1 saturated heterocycles. The molecule has 318 valence electrons. The van der Waals surface area contributed by atoms with Crippen molar-refractivity contribution in [1.29, 1.82) is 0 Å².